The summed E-state index contributed by atoms with van der Waals surface area (Å²) in [6.07, 6.45) is 4.51. The maximum Gasteiger partial charge on any atom is 0.326 e. The molecule has 0 radical (unpaired) electrons. The van der Waals surface area contributed by atoms with Crippen molar-refractivity contribution in [1.82, 2.24) is 20.3 Å². The Balaban J connectivity index is 1.78. The van der Waals surface area contributed by atoms with E-state index in [0.717, 1.165) is 5.52 Å². The quantitative estimate of drug-likeness (QED) is 0.736. The Labute approximate surface area is 137 Å². The average Bonchev–Trinajstić information content (AvgIpc) is 2.61. The third-order valence-corrected chi connectivity index (χ3v) is 3.46. The molecule has 3 rings (SSSR count). The van der Waals surface area contributed by atoms with Crippen LogP contribution in [0.4, 0.5) is 0 Å². The average molecular weight is 322 g/mol. The second-order valence-electron chi connectivity index (χ2n) is 5.15. The van der Waals surface area contributed by atoms with Crippen LogP contribution in [-0.4, -0.2) is 38.0 Å². The van der Waals surface area contributed by atoms with Crippen molar-refractivity contribution in [2.24, 2.45) is 0 Å². The Morgan fingerprint density at radius 1 is 1.08 bits per heavy atom. The number of benzene rings is 1. The van der Waals surface area contributed by atoms with E-state index in [4.69, 9.17) is 0 Å². The van der Waals surface area contributed by atoms with Crippen LogP contribution in [0.5, 0.6) is 0 Å². The van der Waals surface area contributed by atoms with Gasteiger partial charge in [-0.25, -0.2) is 9.78 Å². The summed E-state index contributed by atoms with van der Waals surface area (Å²) in [6, 6.07) is 9.25. The van der Waals surface area contributed by atoms with E-state index in [9.17, 15) is 14.7 Å². The molecular weight excluding hydrogens is 308 g/mol. The highest BCUT2D eigenvalue weighted by atomic mass is 16.4. The van der Waals surface area contributed by atoms with Gasteiger partial charge in [-0.1, -0.05) is 12.1 Å². The number of amides is 1. The molecular formula is C17H14N4O3. The molecule has 0 saturated heterocycles. The number of carbonyl (C=O) groups excluding carboxylic acids is 1. The first-order chi connectivity index (χ1) is 11.6. The summed E-state index contributed by atoms with van der Waals surface area (Å²) >= 11 is 0. The number of nitrogens with one attached hydrogen (secondary N) is 1. The van der Waals surface area contributed by atoms with Crippen molar-refractivity contribution in [1.29, 1.82) is 0 Å². The van der Waals surface area contributed by atoms with E-state index in [1.165, 1.54) is 30.7 Å². The molecule has 2 heterocycles. The van der Waals surface area contributed by atoms with Gasteiger partial charge >= 0.3 is 5.97 Å². The molecule has 0 aliphatic rings. The van der Waals surface area contributed by atoms with Crippen molar-refractivity contribution in [3.63, 3.8) is 0 Å². The summed E-state index contributed by atoms with van der Waals surface area (Å²) in [4.78, 5) is 36.1. The fourth-order valence-corrected chi connectivity index (χ4v) is 2.25. The minimum atomic E-state index is -1.13. The molecule has 1 amide bonds. The van der Waals surface area contributed by atoms with Crippen LogP contribution in [0, 0.1) is 0 Å². The van der Waals surface area contributed by atoms with Crippen LogP contribution < -0.4 is 5.32 Å². The Morgan fingerprint density at radius 2 is 1.79 bits per heavy atom. The van der Waals surface area contributed by atoms with Gasteiger partial charge < -0.3 is 10.4 Å². The normalized spacial score (nSPS) is 11.8. The van der Waals surface area contributed by atoms with E-state index in [0.29, 0.717) is 16.8 Å². The van der Waals surface area contributed by atoms with E-state index in [-0.39, 0.29) is 6.42 Å². The molecule has 7 heteroatoms. The Morgan fingerprint density at radius 3 is 2.50 bits per heavy atom. The van der Waals surface area contributed by atoms with E-state index in [1.807, 2.05) is 18.2 Å². The molecule has 2 N–H and O–H groups in total. The second-order valence-corrected chi connectivity index (χ2v) is 5.15. The number of para-hydroxylation sites is 2. The van der Waals surface area contributed by atoms with Gasteiger partial charge in [0.05, 0.1) is 16.7 Å². The number of carbonyl (C=O) groups is 2. The number of aromatic nitrogens is 3. The fourth-order valence-electron chi connectivity index (χ4n) is 2.25. The van der Waals surface area contributed by atoms with Crippen molar-refractivity contribution in [2.45, 2.75) is 12.5 Å². The number of carboxylic acids is 1. The Hall–Kier alpha value is -3.35. The lowest BCUT2D eigenvalue weighted by atomic mass is 10.1. The van der Waals surface area contributed by atoms with Crippen LogP contribution in [0.1, 0.15) is 16.1 Å². The smallest absolute Gasteiger partial charge is 0.326 e. The third-order valence-electron chi connectivity index (χ3n) is 3.46. The van der Waals surface area contributed by atoms with Gasteiger partial charge in [-0.2, -0.15) is 0 Å². The highest BCUT2D eigenvalue weighted by Gasteiger charge is 2.22. The summed E-state index contributed by atoms with van der Waals surface area (Å²) in [6.45, 7) is 0. The minimum absolute atomic E-state index is 0.0456. The predicted octanol–water partition coefficient (Wildman–Crippen LogP) is 1.45. The molecule has 0 aliphatic carbocycles. The van der Waals surface area contributed by atoms with E-state index < -0.39 is 17.9 Å². The number of nitrogens with zero attached hydrogens (tertiary/aromatic N) is 3. The van der Waals surface area contributed by atoms with Crippen molar-refractivity contribution in [3.05, 3.63) is 66.2 Å². The van der Waals surface area contributed by atoms with E-state index in [2.05, 4.69) is 20.3 Å². The van der Waals surface area contributed by atoms with Gasteiger partial charge in [0.1, 0.15) is 6.04 Å². The number of fused-ring (bicyclic) bond motifs is 1. The summed E-state index contributed by atoms with van der Waals surface area (Å²) < 4.78 is 0. The van der Waals surface area contributed by atoms with Crippen molar-refractivity contribution in [2.75, 3.05) is 0 Å². The molecule has 2 aromatic heterocycles. The summed E-state index contributed by atoms with van der Waals surface area (Å²) in [5.41, 5.74) is 2.26. The molecule has 24 heavy (non-hydrogen) atoms. The Kier molecular flexibility index (Phi) is 4.42. The lowest BCUT2D eigenvalue weighted by Gasteiger charge is -2.14. The van der Waals surface area contributed by atoms with E-state index in [1.54, 1.807) is 6.07 Å². The highest BCUT2D eigenvalue weighted by molar-refractivity contribution is 5.96. The van der Waals surface area contributed by atoms with Crippen molar-refractivity contribution < 1.29 is 14.7 Å². The molecule has 0 fully saturated rings. The number of rotatable bonds is 5. The predicted molar refractivity (Wildman–Crippen MR) is 86.4 cm³/mol. The topological polar surface area (TPSA) is 105 Å². The van der Waals surface area contributed by atoms with Gasteiger partial charge in [-0.3, -0.25) is 14.8 Å². The monoisotopic (exact) mass is 322 g/mol. The molecule has 3 aromatic rings. The number of hydrogen-bond acceptors (Lipinski definition) is 5. The van der Waals surface area contributed by atoms with Crippen LogP contribution in [0.25, 0.3) is 11.0 Å². The summed E-state index contributed by atoms with van der Waals surface area (Å²) in [5.74, 6) is -1.61. The zero-order valence-corrected chi connectivity index (χ0v) is 12.6. The molecule has 0 saturated carbocycles. The molecule has 0 aliphatic heterocycles. The first kappa shape index (κ1) is 15.5. The maximum atomic E-state index is 12.1. The van der Waals surface area contributed by atoms with Crippen molar-refractivity contribution in [3.8, 4) is 0 Å². The molecule has 0 spiro atoms. The number of aliphatic carboxylic acids is 1. The summed E-state index contributed by atoms with van der Waals surface area (Å²) in [5, 5.41) is 11.9. The molecule has 7 nitrogen and oxygen atoms in total. The lowest BCUT2D eigenvalue weighted by Crippen LogP contribution is -2.42. The SMILES string of the molecule is O=C(N[C@@H](Cc1cnc2ccccc2n1)C(=O)O)c1ccncc1. The first-order valence-electron chi connectivity index (χ1n) is 7.28. The molecule has 1 aromatic carbocycles. The van der Waals surface area contributed by atoms with Gasteiger partial charge in [0.15, 0.2) is 0 Å². The van der Waals surface area contributed by atoms with Gasteiger partial charge in [0.25, 0.3) is 5.91 Å². The standard InChI is InChI=1S/C17H14N4O3/c22-16(11-5-7-18-8-6-11)21-15(17(23)24)9-12-10-19-13-3-1-2-4-14(13)20-12/h1-8,10,15H,9H2,(H,21,22)(H,23,24)/t15-/m0/s1. The van der Waals surface area contributed by atoms with Crippen LogP contribution in [0.15, 0.2) is 55.0 Å². The fraction of sp³-hybridized carbons (Fsp3) is 0.118. The number of pyridine rings is 1. The largest absolute Gasteiger partial charge is 0.480 e. The molecule has 1 atom stereocenters. The van der Waals surface area contributed by atoms with Crippen LogP contribution >= 0.6 is 0 Å². The molecule has 0 bridgehead atoms. The van der Waals surface area contributed by atoms with Gasteiger partial charge in [0.2, 0.25) is 0 Å². The molecule has 120 valence electrons. The van der Waals surface area contributed by atoms with E-state index >= 15 is 0 Å². The van der Waals surface area contributed by atoms with Gasteiger partial charge in [-0.15, -0.1) is 0 Å². The first-order valence-corrected chi connectivity index (χ1v) is 7.28. The number of hydrogen-bond donors (Lipinski definition) is 2. The maximum absolute atomic E-state index is 12.1. The number of carboxylic acid groups (broad SMARTS) is 1. The summed E-state index contributed by atoms with van der Waals surface area (Å²) in [7, 11) is 0. The van der Waals surface area contributed by atoms with Gasteiger partial charge in [0, 0.05) is 30.6 Å². The Bertz CT molecular complexity index is 883. The van der Waals surface area contributed by atoms with Crippen LogP contribution in [-0.2, 0) is 11.2 Å². The van der Waals surface area contributed by atoms with Crippen molar-refractivity contribution >= 4 is 22.9 Å². The van der Waals surface area contributed by atoms with Crippen LogP contribution in [0.3, 0.4) is 0 Å². The second kappa shape index (κ2) is 6.82. The zero-order valence-electron chi connectivity index (χ0n) is 12.6. The van der Waals surface area contributed by atoms with Crippen LogP contribution in [0.2, 0.25) is 0 Å². The zero-order chi connectivity index (χ0) is 16.9. The van der Waals surface area contributed by atoms with Gasteiger partial charge in [-0.05, 0) is 24.3 Å². The highest BCUT2D eigenvalue weighted by Crippen LogP contribution is 2.10. The third kappa shape index (κ3) is 3.52. The molecule has 0 unspecified atom stereocenters. The lowest BCUT2D eigenvalue weighted by molar-refractivity contribution is -0.139. The minimum Gasteiger partial charge on any atom is -0.480 e.